The van der Waals surface area contributed by atoms with Gasteiger partial charge in [-0.2, -0.15) is 0 Å². The zero-order valence-electron chi connectivity index (χ0n) is 12.8. The van der Waals surface area contributed by atoms with Crippen LogP contribution in [0.25, 0.3) is 11.1 Å². The maximum absolute atomic E-state index is 10.8. The van der Waals surface area contributed by atoms with Gasteiger partial charge in [-0.05, 0) is 60.2 Å². The molecule has 1 aliphatic carbocycles. The molecule has 2 aromatic rings. The van der Waals surface area contributed by atoms with Gasteiger partial charge in [-0.3, -0.25) is 4.79 Å². The second kappa shape index (κ2) is 7.09. The lowest BCUT2D eigenvalue weighted by molar-refractivity contribution is -0.138. The van der Waals surface area contributed by atoms with Gasteiger partial charge in [0.15, 0.2) is 0 Å². The minimum absolute atomic E-state index is 0.253. The van der Waals surface area contributed by atoms with E-state index >= 15 is 0 Å². The topological polar surface area (TPSA) is 63.1 Å². The Morgan fingerprint density at radius 3 is 2.22 bits per heavy atom. The summed E-state index contributed by atoms with van der Waals surface area (Å²) in [6.45, 7) is 0. The number of halogens is 1. The molecule has 5 heteroatoms. The molecule has 3 rings (SSSR count). The Morgan fingerprint density at radius 2 is 1.65 bits per heavy atom. The average Bonchev–Trinajstić information content (AvgIpc) is 2.56. The molecule has 1 fully saturated rings. The molecule has 0 bridgehead atoms. The van der Waals surface area contributed by atoms with Crippen molar-refractivity contribution in [2.24, 2.45) is 5.92 Å². The summed E-state index contributed by atoms with van der Waals surface area (Å²) in [7, 11) is 0. The highest BCUT2D eigenvalue weighted by atomic mass is 35.5. The Kier molecular flexibility index (Phi) is 4.91. The minimum Gasteiger partial charge on any atom is -0.481 e. The fraction of sp³-hybridized carbons (Fsp3) is 0.389. The molecular weight excluding hydrogens is 312 g/mol. The summed E-state index contributed by atoms with van der Waals surface area (Å²) in [5.41, 5.74) is 3.36. The third kappa shape index (κ3) is 4.08. The highest BCUT2D eigenvalue weighted by molar-refractivity contribution is 6.28. The van der Waals surface area contributed by atoms with E-state index in [1.54, 1.807) is 12.4 Å². The van der Waals surface area contributed by atoms with Crippen molar-refractivity contribution >= 4 is 17.6 Å². The quantitative estimate of drug-likeness (QED) is 0.835. The Hall–Kier alpha value is -1.94. The molecule has 1 heterocycles. The molecule has 1 aliphatic rings. The Morgan fingerprint density at radius 1 is 1.04 bits per heavy atom. The third-order valence-electron chi connectivity index (χ3n) is 4.65. The van der Waals surface area contributed by atoms with Crippen molar-refractivity contribution in [3.8, 4) is 11.1 Å². The number of aliphatic carboxylic acids is 1. The highest BCUT2D eigenvalue weighted by Crippen LogP contribution is 2.37. The van der Waals surface area contributed by atoms with E-state index in [0.717, 1.165) is 36.8 Å². The molecule has 0 spiro atoms. The van der Waals surface area contributed by atoms with Crippen LogP contribution in [-0.2, 0) is 4.79 Å². The van der Waals surface area contributed by atoms with Crippen LogP contribution in [0.5, 0.6) is 0 Å². The molecular formula is C18H19ClN2O2. The van der Waals surface area contributed by atoms with E-state index in [1.165, 1.54) is 5.56 Å². The van der Waals surface area contributed by atoms with Crippen molar-refractivity contribution in [2.45, 2.75) is 38.0 Å². The zero-order chi connectivity index (χ0) is 16.2. The smallest absolute Gasteiger partial charge is 0.303 e. The average molecular weight is 331 g/mol. The molecule has 1 saturated carbocycles. The van der Waals surface area contributed by atoms with Crippen LogP contribution < -0.4 is 0 Å². The fourth-order valence-corrected chi connectivity index (χ4v) is 3.45. The lowest BCUT2D eigenvalue weighted by Gasteiger charge is -2.28. The molecule has 0 radical (unpaired) electrons. The van der Waals surface area contributed by atoms with Gasteiger partial charge < -0.3 is 5.11 Å². The van der Waals surface area contributed by atoms with E-state index in [9.17, 15) is 4.79 Å². The number of carboxylic acid groups (broad SMARTS) is 1. The van der Waals surface area contributed by atoms with Crippen LogP contribution in [0, 0.1) is 5.92 Å². The summed E-state index contributed by atoms with van der Waals surface area (Å²) in [6, 6.07) is 8.49. The van der Waals surface area contributed by atoms with E-state index in [1.807, 2.05) is 0 Å². The van der Waals surface area contributed by atoms with Gasteiger partial charge in [-0.1, -0.05) is 24.3 Å². The van der Waals surface area contributed by atoms with Gasteiger partial charge in [0, 0.05) is 24.4 Å². The normalized spacial score (nSPS) is 21.1. The van der Waals surface area contributed by atoms with Gasteiger partial charge in [-0.15, -0.1) is 0 Å². The van der Waals surface area contributed by atoms with Gasteiger partial charge in [0.05, 0.1) is 0 Å². The first-order chi connectivity index (χ1) is 11.1. The number of rotatable bonds is 4. The van der Waals surface area contributed by atoms with E-state index in [-0.39, 0.29) is 5.28 Å². The maximum Gasteiger partial charge on any atom is 0.303 e. The largest absolute Gasteiger partial charge is 0.481 e. The van der Waals surface area contributed by atoms with Gasteiger partial charge in [0.25, 0.3) is 0 Å². The standard InChI is InChI=1S/C18H19ClN2O2/c19-18-20-10-16(11-21-18)15-7-5-14(6-8-15)13-3-1-12(2-4-13)9-17(22)23/h5-8,10-13H,1-4,9H2,(H,22,23). The molecule has 1 N–H and O–H groups in total. The lowest BCUT2D eigenvalue weighted by atomic mass is 9.77. The van der Waals surface area contributed by atoms with Crippen molar-refractivity contribution < 1.29 is 9.90 Å². The summed E-state index contributed by atoms with van der Waals surface area (Å²) in [6.07, 6.45) is 7.90. The van der Waals surface area contributed by atoms with Crippen LogP contribution in [0.15, 0.2) is 36.7 Å². The number of nitrogens with zero attached hydrogens (tertiary/aromatic N) is 2. The maximum atomic E-state index is 10.8. The molecule has 120 valence electrons. The minimum atomic E-state index is -0.678. The number of aromatic nitrogens is 2. The molecule has 0 amide bonds. The molecule has 0 saturated heterocycles. The summed E-state index contributed by atoms with van der Waals surface area (Å²) in [5.74, 6) is 0.202. The van der Waals surface area contributed by atoms with E-state index < -0.39 is 5.97 Å². The van der Waals surface area contributed by atoms with Crippen LogP contribution >= 0.6 is 11.6 Å². The van der Waals surface area contributed by atoms with Crippen LogP contribution in [0.3, 0.4) is 0 Å². The Bertz CT molecular complexity index is 662. The molecule has 23 heavy (non-hydrogen) atoms. The van der Waals surface area contributed by atoms with Crippen LogP contribution in [0.1, 0.15) is 43.6 Å². The van der Waals surface area contributed by atoms with E-state index in [2.05, 4.69) is 34.2 Å². The first-order valence-electron chi connectivity index (χ1n) is 7.91. The highest BCUT2D eigenvalue weighted by Gasteiger charge is 2.23. The first-order valence-corrected chi connectivity index (χ1v) is 8.29. The molecule has 0 atom stereocenters. The van der Waals surface area contributed by atoms with Crippen molar-refractivity contribution in [1.82, 2.24) is 9.97 Å². The molecule has 0 aliphatic heterocycles. The second-order valence-corrected chi connectivity index (χ2v) is 6.52. The van der Waals surface area contributed by atoms with Crippen molar-refractivity contribution in [1.29, 1.82) is 0 Å². The molecule has 4 nitrogen and oxygen atoms in total. The molecule has 1 aromatic heterocycles. The Balaban J connectivity index is 1.64. The summed E-state index contributed by atoms with van der Waals surface area (Å²) >= 11 is 5.71. The number of hydrogen-bond acceptors (Lipinski definition) is 3. The van der Waals surface area contributed by atoms with Gasteiger partial charge in [0.2, 0.25) is 5.28 Å². The van der Waals surface area contributed by atoms with Gasteiger partial charge >= 0.3 is 5.97 Å². The lowest BCUT2D eigenvalue weighted by Crippen LogP contribution is -2.16. The number of hydrogen-bond donors (Lipinski definition) is 1. The summed E-state index contributed by atoms with van der Waals surface area (Å²) < 4.78 is 0. The monoisotopic (exact) mass is 330 g/mol. The second-order valence-electron chi connectivity index (χ2n) is 6.18. The molecule has 0 unspecified atom stereocenters. The van der Waals surface area contributed by atoms with Crippen LogP contribution in [0.4, 0.5) is 0 Å². The Labute approximate surface area is 140 Å². The number of benzene rings is 1. The van der Waals surface area contributed by atoms with E-state index in [0.29, 0.717) is 18.3 Å². The third-order valence-corrected chi connectivity index (χ3v) is 4.84. The first kappa shape index (κ1) is 15.9. The predicted octanol–water partition coefficient (Wildman–Crippen LogP) is 4.55. The van der Waals surface area contributed by atoms with Crippen LogP contribution in [0.2, 0.25) is 5.28 Å². The van der Waals surface area contributed by atoms with Gasteiger partial charge in [-0.25, -0.2) is 9.97 Å². The predicted molar refractivity (Wildman–Crippen MR) is 89.4 cm³/mol. The van der Waals surface area contributed by atoms with Crippen molar-refractivity contribution in [3.63, 3.8) is 0 Å². The van der Waals surface area contributed by atoms with Crippen molar-refractivity contribution in [2.75, 3.05) is 0 Å². The fourth-order valence-electron chi connectivity index (χ4n) is 3.36. The zero-order valence-corrected chi connectivity index (χ0v) is 13.5. The summed E-state index contributed by atoms with van der Waals surface area (Å²) in [4.78, 5) is 18.8. The molecule has 1 aromatic carbocycles. The van der Waals surface area contributed by atoms with E-state index in [4.69, 9.17) is 16.7 Å². The number of carboxylic acids is 1. The van der Waals surface area contributed by atoms with Crippen LogP contribution in [-0.4, -0.2) is 21.0 Å². The van der Waals surface area contributed by atoms with Crippen molar-refractivity contribution in [3.05, 3.63) is 47.5 Å². The SMILES string of the molecule is O=C(O)CC1CCC(c2ccc(-c3cnc(Cl)nc3)cc2)CC1. The summed E-state index contributed by atoms with van der Waals surface area (Å²) in [5, 5.41) is 9.14. The number of carbonyl (C=O) groups is 1. The van der Waals surface area contributed by atoms with Gasteiger partial charge in [0.1, 0.15) is 0 Å².